The Morgan fingerprint density at radius 3 is 2.63 bits per heavy atom. The molecular formula is C21H21N3O3. The number of hydrogen-bond donors (Lipinski definition) is 0. The van der Waals surface area contributed by atoms with Crippen LogP contribution in [0.3, 0.4) is 0 Å². The molecule has 6 nitrogen and oxygen atoms in total. The number of rotatable bonds is 8. The fraction of sp³-hybridized carbons (Fsp3) is 0.190. The van der Waals surface area contributed by atoms with Gasteiger partial charge >= 0.3 is 0 Å². The molecule has 3 rings (SSSR count). The van der Waals surface area contributed by atoms with E-state index in [2.05, 4.69) is 16.7 Å². The van der Waals surface area contributed by atoms with E-state index in [0.717, 1.165) is 11.1 Å². The second-order valence-corrected chi connectivity index (χ2v) is 6.04. The van der Waals surface area contributed by atoms with Gasteiger partial charge in [-0.05, 0) is 19.1 Å². The van der Waals surface area contributed by atoms with Crippen molar-refractivity contribution in [1.29, 1.82) is 0 Å². The minimum Gasteiger partial charge on any atom is -0.484 e. The maximum absolute atomic E-state index is 12.5. The molecule has 27 heavy (non-hydrogen) atoms. The molecule has 1 amide bonds. The van der Waals surface area contributed by atoms with Crippen molar-refractivity contribution in [2.75, 3.05) is 13.2 Å². The van der Waals surface area contributed by atoms with Crippen LogP contribution in [0, 0.1) is 6.92 Å². The Morgan fingerprint density at radius 2 is 1.93 bits per heavy atom. The monoisotopic (exact) mass is 363 g/mol. The standard InChI is InChI=1S/C21H21N3O3/c1-3-13-24(20(25)15-26-18-11-9-16(2)10-12-18)14-19-22-21(23-27-19)17-7-5-4-6-8-17/h3-12H,1,13-15H2,2H3. The van der Waals surface area contributed by atoms with Gasteiger partial charge in [0.15, 0.2) is 6.61 Å². The molecular weight excluding hydrogens is 342 g/mol. The van der Waals surface area contributed by atoms with Gasteiger partial charge in [-0.2, -0.15) is 4.98 Å². The van der Waals surface area contributed by atoms with E-state index in [1.807, 2.05) is 61.5 Å². The summed E-state index contributed by atoms with van der Waals surface area (Å²) in [6.45, 7) is 6.18. The molecule has 0 bridgehead atoms. The van der Waals surface area contributed by atoms with Gasteiger partial charge in [-0.25, -0.2) is 0 Å². The summed E-state index contributed by atoms with van der Waals surface area (Å²) in [6, 6.07) is 17.1. The largest absolute Gasteiger partial charge is 0.484 e. The van der Waals surface area contributed by atoms with Gasteiger partial charge in [-0.3, -0.25) is 4.79 Å². The van der Waals surface area contributed by atoms with Gasteiger partial charge in [0.1, 0.15) is 12.3 Å². The molecule has 0 atom stereocenters. The van der Waals surface area contributed by atoms with Gasteiger partial charge in [0, 0.05) is 12.1 Å². The molecule has 0 aliphatic carbocycles. The average Bonchev–Trinajstić information content (AvgIpc) is 3.16. The van der Waals surface area contributed by atoms with Crippen LogP contribution >= 0.6 is 0 Å². The Kier molecular flexibility index (Phi) is 5.99. The van der Waals surface area contributed by atoms with Gasteiger partial charge in [0.2, 0.25) is 11.7 Å². The van der Waals surface area contributed by atoms with Crippen LogP contribution in [0.4, 0.5) is 0 Å². The van der Waals surface area contributed by atoms with Crippen molar-refractivity contribution in [3.05, 3.63) is 78.7 Å². The van der Waals surface area contributed by atoms with Crippen molar-refractivity contribution in [2.24, 2.45) is 0 Å². The zero-order valence-corrected chi connectivity index (χ0v) is 15.2. The van der Waals surface area contributed by atoms with E-state index < -0.39 is 0 Å². The molecule has 3 aromatic rings. The first kappa shape index (κ1) is 18.4. The maximum atomic E-state index is 12.5. The van der Waals surface area contributed by atoms with E-state index in [9.17, 15) is 4.79 Å². The third-order valence-electron chi connectivity index (χ3n) is 3.91. The lowest BCUT2D eigenvalue weighted by Gasteiger charge is -2.19. The van der Waals surface area contributed by atoms with E-state index >= 15 is 0 Å². The van der Waals surface area contributed by atoms with Gasteiger partial charge in [0.25, 0.3) is 5.91 Å². The van der Waals surface area contributed by atoms with Gasteiger partial charge in [0.05, 0.1) is 0 Å². The van der Waals surface area contributed by atoms with Crippen LogP contribution in [0.2, 0.25) is 0 Å². The molecule has 0 aliphatic heterocycles. The number of nitrogens with zero attached hydrogens (tertiary/aromatic N) is 3. The van der Waals surface area contributed by atoms with E-state index in [1.165, 1.54) is 0 Å². The summed E-state index contributed by atoms with van der Waals surface area (Å²) >= 11 is 0. The Bertz CT molecular complexity index is 889. The van der Waals surface area contributed by atoms with E-state index in [4.69, 9.17) is 9.26 Å². The number of carbonyl (C=O) groups excluding carboxylic acids is 1. The van der Waals surface area contributed by atoms with Crippen LogP contribution in [0.25, 0.3) is 11.4 Å². The molecule has 0 saturated heterocycles. The number of amides is 1. The lowest BCUT2D eigenvalue weighted by Crippen LogP contribution is -2.34. The first-order valence-electron chi connectivity index (χ1n) is 8.62. The van der Waals surface area contributed by atoms with Crippen LogP contribution in [-0.2, 0) is 11.3 Å². The lowest BCUT2D eigenvalue weighted by molar-refractivity contribution is -0.133. The smallest absolute Gasteiger partial charge is 0.261 e. The molecule has 138 valence electrons. The first-order valence-corrected chi connectivity index (χ1v) is 8.62. The fourth-order valence-electron chi connectivity index (χ4n) is 2.47. The Hall–Kier alpha value is -3.41. The Labute approximate surface area is 158 Å². The van der Waals surface area contributed by atoms with E-state index in [-0.39, 0.29) is 19.1 Å². The van der Waals surface area contributed by atoms with Gasteiger partial charge in [-0.1, -0.05) is 59.3 Å². The molecule has 0 fully saturated rings. The molecule has 0 radical (unpaired) electrons. The summed E-state index contributed by atoms with van der Waals surface area (Å²) in [7, 11) is 0. The number of carbonyl (C=O) groups is 1. The second-order valence-electron chi connectivity index (χ2n) is 6.04. The highest BCUT2D eigenvalue weighted by Gasteiger charge is 2.17. The van der Waals surface area contributed by atoms with Crippen LogP contribution in [-0.4, -0.2) is 34.1 Å². The van der Waals surface area contributed by atoms with Crippen LogP contribution < -0.4 is 4.74 Å². The minimum atomic E-state index is -0.185. The summed E-state index contributed by atoms with van der Waals surface area (Å²) in [6.07, 6.45) is 1.65. The third-order valence-corrected chi connectivity index (χ3v) is 3.91. The minimum absolute atomic E-state index is 0.0728. The van der Waals surface area contributed by atoms with E-state index in [1.54, 1.807) is 11.0 Å². The Balaban J connectivity index is 1.63. The lowest BCUT2D eigenvalue weighted by atomic mass is 10.2. The van der Waals surface area contributed by atoms with Crippen molar-refractivity contribution < 1.29 is 14.1 Å². The highest BCUT2D eigenvalue weighted by Crippen LogP contribution is 2.16. The Morgan fingerprint density at radius 1 is 1.19 bits per heavy atom. The zero-order chi connectivity index (χ0) is 19.1. The molecule has 1 aromatic heterocycles. The van der Waals surface area contributed by atoms with Crippen molar-refractivity contribution in [3.63, 3.8) is 0 Å². The van der Waals surface area contributed by atoms with Crippen molar-refractivity contribution in [1.82, 2.24) is 15.0 Å². The highest BCUT2D eigenvalue weighted by atomic mass is 16.5. The number of benzene rings is 2. The summed E-state index contributed by atoms with van der Waals surface area (Å²) in [5.41, 5.74) is 1.99. The molecule has 0 unspecified atom stereocenters. The number of aryl methyl sites for hydroxylation is 1. The van der Waals surface area contributed by atoms with Crippen molar-refractivity contribution in [2.45, 2.75) is 13.5 Å². The van der Waals surface area contributed by atoms with Crippen molar-refractivity contribution >= 4 is 5.91 Å². The topological polar surface area (TPSA) is 68.5 Å². The van der Waals surface area contributed by atoms with E-state index in [0.29, 0.717) is 24.0 Å². The van der Waals surface area contributed by atoms with Gasteiger partial charge < -0.3 is 14.2 Å². The summed E-state index contributed by atoms with van der Waals surface area (Å²) in [4.78, 5) is 18.4. The summed E-state index contributed by atoms with van der Waals surface area (Å²) < 4.78 is 10.9. The third kappa shape index (κ3) is 5.04. The molecule has 1 heterocycles. The quantitative estimate of drug-likeness (QED) is 0.572. The fourth-order valence-corrected chi connectivity index (χ4v) is 2.47. The molecule has 0 aliphatic rings. The number of ether oxygens (including phenoxy) is 1. The molecule has 0 saturated carbocycles. The molecule has 0 N–H and O–H groups in total. The highest BCUT2D eigenvalue weighted by molar-refractivity contribution is 5.77. The van der Waals surface area contributed by atoms with Crippen LogP contribution in [0.15, 0.2) is 71.8 Å². The zero-order valence-electron chi connectivity index (χ0n) is 15.2. The number of aromatic nitrogens is 2. The predicted molar refractivity (Wildman–Crippen MR) is 102 cm³/mol. The molecule has 2 aromatic carbocycles. The van der Waals surface area contributed by atoms with Crippen LogP contribution in [0.5, 0.6) is 5.75 Å². The first-order chi connectivity index (χ1) is 13.2. The van der Waals surface area contributed by atoms with Crippen molar-refractivity contribution in [3.8, 4) is 17.1 Å². The maximum Gasteiger partial charge on any atom is 0.261 e. The predicted octanol–water partition coefficient (Wildman–Crippen LogP) is 3.64. The molecule has 6 heteroatoms. The molecule has 0 spiro atoms. The summed E-state index contributed by atoms with van der Waals surface area (Å²) in [5.74, 6) is 1.32. The average molecular weight is 363 g/mol. The number of hydrogen-bond acceptors (Lipinski definition) is 5. The summed E-state index contributed by atoms with van der Waals surface area (Å²) in [5, 5.41) is 3.98. The normalized spacial score (nSPS) is 10.4. The SMILES string of the molecule is C=CCN(Cc1nc(-c2ccccc2)no1)C(=O)COc1ccc(C)cc1. The van der Waals surface area contributed by atoms with Crippen LogP contribution in [0.1, 0.15) is 11.5 Å². The second kappa shape index (κ2) is 8.80. The van der Waals surface area contributed by atoms with Gasteiger partial charge in [-0.15, -0.1) is 6.58 Å².